The van der Waals surface area contributed by atoms with Gasteiger partial charge in [-0.25, -0.2) is 0 Å². The smallest absolute Gasteiger partial charge is 0.419 e. The molecule has 0 unspecified atom stereocenters. The van der Waals surface area contributed by atoms with Crippen LogP contribution in [0.25, 0.3) is 11.1 Å². The van der Waals surface area contributed by atoms with Crippen LogP contribution in [-0.2, 0) is 6.18 Å². The normalized spacial score (nSPS) is 13.1. The zero-order valence-corrected chi connectivity index (χ0v) is 14.1. The molecule has 5 heteroatoms. The van der Waals surface area contributed by atoms with Crippen molar-refractivity contribution < 1.29 is 17.9 Å². The fourth-order valence-corrected chi connectivity index (χ4v) is 2.71. The highest BCUT2D eigenvalue weighted by molar-refractivity contribution is 5.65. The summed E-state index contributed by atoms with van der Waals surface area (Å²) in [5.74, 6) is 0.571. The van der Waals surface area contributed by atoms with Crippen LogP contribution in [-0.4, -0.2) is 11.6 Å². The monoisotopic (exact) mass is 337 g/mol. The molecule has 0 bridgehead atoms. The molecule has 0 amide bonds. The van der Waals surface area contributed by atoms with Crippen molar-refractivity contribution in [1.29, 1.82) is 0 Å². The molecule has 0 spiro atoms. The van der Waals surface area contributed by atoms with E-state index < -0.39 is 11.7 Å². The number of ether oxygens (including phenoxy) is 1. The summed E-state index contributed by atoms with van der Waals surface area (Å²) in [5, 5.41) is 0. The zero-order valence-electron chi connectivity index (χ0n) is 14.1. The van der Waals surface area contributed by atoms with Crippen molar-refractivity contribution in [3.63, 3.8) is 0 Å². The third-order valence-electron chi connectivity index (χ3n) is 3.70. The average molecular weight is 337 g/mol. The summed E-state index contributed by atoms with van der Waals surface area (Å²) in [5.41, 5.74) is 0.441. The van der Waals surface area contributed by atoms with Crippen molar-refractivity contribution in [2.24, 2.45) is 11.8 Å². The Hall–Kier alpha value is -2.04. The van der Waals surface area contributed by atoms with Crippen LogP contribution < -0.4 is 4.74 Å². The molecular weight excluding hydrogens is 315 g/mol. The molecule has 0 fully saturated rings. The number of aromatic nitrogens is 1. The van der Waals surface area contributed by atoms with Gasteiger partial charge in [-0.05, 0) is 53.6 Å². The van der Waals surface area contributed by atoms with Crippen LogP contribution in [0.5, 0.6) is 5.75 Å². The van der Waals surface area contributed by atoms with Crippen molar-refractivity contribution in [3.8, 4) is 16.9 Å². The Balaban J connectivity index is 2.25. The molecule has 1 aromatic heterocycles. The van der Waals surface area contributed by atoms with Crippen LogP contribution in [0.2, 0.25) is 0 Å². The quantitative estimate of drug-likeness (QED) is 0.662. The van der Waals surface area contributed by atoms with Crippen LogP contribution in [0.4, 0.5) is 13.2 Å². The fraction of sp³-hybridized carbons (Fsp3) is 0.421. The van der Waals surface area contributed by atoms with Crippen molar-refractivity contribution >= 4 is 0 Å². The lowest BCUT2D eigenvalue weighted by molar-refractivity contribution is -0.139. The molecule has 1 heterocycles. The molecule has 0 N–H and O–H groups in total. The second kappa shape index (κ2) is 7.69. The van der Waals surface area contributed by atoms with Gasteiger partial charge < -0.3 is 4.74 Å². The lowest BCUT2D eigenvalue weighted by atomic mass is 9.99. The molecule has 2 nitrogen and oxygen atoms in total. The van der Waals surface area contributed by atoms with Gasteiger partial charge in [0.1, 0.15) is 5.75 Å². The molecule has 0 aliphatic rings. The zero-order chi connectivity index (χ0) is 17.7. The number of alkyl halides is 3. The second-order valence-corrected chi connectivity index (χ2v) is 6.49. The molecule has 0 aliphatic carbocycles. The predicted octanol–water partition coefficient (Wildman–Crippen LogP) is 5.83. The van der Waals surface area contributed by atoms with Crippen molar-refractivity contribution in [2.75, 3.05) is 6.61 Å². The summed E-state index contributed by atoms with van der Waals surface area (Å²) < 4.78 is 45.6. The van der Waals surface area contributed by atoms with Crippen LogP contribution in [0.3, 0.4) is 0 Å². The number of pyridine rings is 1. The van der Waals surface area contributed by atoms with Crippen LogP contribution in [0.15, 0.2) is 42.7 Å². The molecular formula is C19H22F3NO. The minimum absolute atomic E-state index is 0.115. The maximum atomic E-state index is 13.4. The van der Waals surface area contributed by atoms with Crippen molar-refractivity contribution in [3.05, 3.63) is 48.3 Å². The fourth-order valence-electron chi connectivity index (χ4n) is 2.71. The largest absolute Gasteiger partial charge is 0.493 e. The highest BCUT2D eigenvalue weighted by atomic mass is 19.4. The Morgan fingerprint density at radius 1 is 1.00 bits per heavy atom. The molecule has 130 valence electrons. The summed E-state index contributed by atoms with van der Waals surface area (Å²) in [4.78, 5) is 3.89. The van der Waals surface area contributed by atoms with Gasteiger partial charge in [0.25, 0.3) is 0 Å². The van der Waals surface area contributed by atoms with Crippen molar-refractivity contribution in [1.82, 2.24) is 4.98 Å². The summed E-state index contributed by atoms with van der Waals surface area (Å²) in [7, 11) is 0. The molecule has 1 atom stereocenters. The van der Waals surface area contributed by atoms with E-state index in [1.165, 1.54) is 6.07 Å². The number of benzene rings is 1. The SMILES string of the molecule is CC(C)C[C@H](C)COc1ccc(-c2ccncc2)cc1C(F)(F)F. The average Bonchev–Trinajstić information content (AvgIpc) is 2.52. The lowest BCUT2D eigenvalue weighted by Gasteiger charge is -2.19. The Morgan fingerprint density at radius 2 is 1.67 bits per heavy atom. The van der Waals surface area contributed by atoms with Crippen molar-refractivity contribution in [2.45, 2.75) is 33.4 Å². The van der Waals surface area contributed by atoms with E-state index in [4.69, 9.17) is 4.74 Å². The Morgan fingerprint density at radius 3 is 2.25 bits per heavy atom. The molecule has 0 saturated heterocycles. The van der Waals surface area contributed by atoms with Gasteiger partial charge in [0.2, 0.25) is 0 Å². The predicted molar refractivity (Wildman–Crippen MR) is 88.8 cm³/mol. The topological polar surface area (TPSA) is 22.1 Å². The van der Waals surface area contributed by atoms with Gasteiger partial charge in [-0.15, -0.1) is 0 Å². The van der Waals surface area contributed by atoms with Gasteiger partial charge in [0.05, 0.1) is 12.2 Å². The van der Waals surface area contributed by atoms with E-state index in [9.17, 15) is 13.2 Å². The maximum Gasteiger partial charge on any atom is 0.419 e. The molecule has 0 aliphatic heterocycles. The van der Waals surface area contributed by atoms with E-state index in [-0.39, 0.29) is 18.3 Å². The van der Waals surface area contributed by atoms with Gasteiger partial charge in [0.15, 0.2) is 0 Å². The summed E-state index contributed by atoms with van der Waals surface area (Å²) in [6.07, 6.45) is -0.433. The third-order valence-corrected chi connectivity index (χ3v) is 3.70. The Labute approximate surface area is 140 Å². The molecule has 0 saturated carbocycles. The number of hydrogen-bond donors (Lipinski definition) is 0. The highest BCUT2D eigenvalue weighted by Crippen LogP contribution is 2.39. The van der Waals surface area contributed by atoms with E-state index >= 15 is 0 Å². The van der Waals surface area contributed by atoms with E-state index in [1.54, 1.807) is 30.6 Å². The van der Waals surface area contributed by atoms with Gasteiger partial charge >= 0.3 is 6.18 Å². The second-order valence-electron chi connectivity index (χ2n) is 6.49. The third kappa shape index (κ3) is 4.98. The maximum absolute atomic E-state index is 13.4. The lowest BCUT2D eigenvalue weighted by Crippen LogP contribution is -2.14. The van der Waals surface area contributed by atoms with E-state index in [2.05, 4.69) is 18.8 Å². The van der Waals surface area contributed by atoms with Crippen LogP contribution >= 0.6 is 0 Å². The van der Waals surface area contributed by atoms with Gasteiger partial charge in [-0.2, -0.15) is 13.2 Å². The number of nitrogens with zero attached hydrogens (tertiary/aromatic N) is 1. The molecule has 2 aromatic rings. The van der Waals surface area contributed by atoms with Crippen LogP contribution in [0.1, 0.15) is 32.8 Å². The first-order valence-corrected chi connectivity index (χ1v) is 8.01. The number of halogens is 3. The van der Waals surface area contributed by atoms with E-state index in [0.29, 0.717) is 17.0 Å². The standard InChI is InChI=1S/C19H22F3NO/c1-13(2)10-14(3)12-24-18-5-4-16(11-17(18)19(20,21)22)15-6-8-23-9-7-15/h4-9,11,13-14H,10,12H2,1-3H3/t14-/m0/s1. The van der Waals surface area contributed by atoms with Gasteiger partial charge in [-0.1, -0.05) is 26.8 Å². The summed E-state index contributed by atoms with van der Waals surface area (Å²) in [6.45, 7) is 6.43. The Bertz CT molecular complexity index is 653. The first kappa shape index (κ1) is 18.3. The summed E-state index contributed by atoms with van der Waals surface area (Å²) in [6, 6.07) is 7.55. The molecule has 24 heavy (non-hydrogen) atoms. The number of hydrogen-bond acceptors (Lipinski definition) is 2. The van der Waals surface area contributed by atoms with Gasteiger partial charge in [-0.3, -0.25) is 4.98 Å². The van der Waals surface area contributed by atoms with Crippen LogP contribution in [0, 0.1) is 11.8 Å². The minimum atomic E-state index is -4.46. The molecule has 1 aromatic carbocycles. The minimum Gasteiger partial charge on any atom is -0.493 e. The summed E-state index contributed by atoms with van der Waals surface area (Å²) >= 11 is 0. The van der Waals surface area contributed by atoms with E-state index in [0.717, 1.165) is 12.5 Å². The first-order valence-electron chi connectivity index (χ1n) is 8.01. The number of rotatable bonds is 6. The van der Waals surface area contributed by atoms with E-state index in [1.807, 2.05) is 6.92 Å². The highest BCUT2D eigenvalue weighted by Gasteiger charge is 2.35. The molecule has 2 rings (SSSR count). The molecule has 0 radical (unpaired) electrons. The Kier molecular flexibility index (Phi) is 5.86. The van der Waals surface area contributed by atoms with Gasteiger partial charge in [0, 0.05) is 12.4 Å². The first-order chi connectivity index (χ1) is 11.3.